The highest BCUT2D eigenvalue weighted by Crippen LogP contribution is 2.28. The third-order valence-electron chi connectivity index (χ3n) is 3.71. The Balaban J connectivity index is 1.52. The third-order valence-corrected chi connectivity index (χ3v) is 4.24. The lowest BCUT2D eigenvalue weighted by Crippen LogP contribution is -2.37. The number of fused-ring (bicyclic) bond motifs is 1. The molecule has 26 heavy (non-hydrogen) atoms. The van der Waals surface area contributed by atoms with Gasteiger partial charge in [-0.2, -0.15) is 0 Å². The number of nitrogens with one attached hydrogen (secondary N) is 1. The minimum absolute atomic E-state index is 0.272. The van der Waals surface area contributed by atoms with Gasteiger partial charge in [-0.05, 0) is 37.3 Å². The number of benzene rings is 1. The topological polar surface area (TPSA) is 55.6 Å². The summed E-state index contributed by atoms with van der Waals surface area (Å²) in [5, 5.41) is 3.62. The molecule has 0 aliphatic carbocycles. The minimum atomic E-state index is -0.719. The van der Waals surface area contributed by atoms with Gasteiger partial charge in [-0.25, -0.2) is 9.37 Å². The van der Waals surface area contributed by atoms with Crippen LogP contribution in [0.25, 0.3) is 5.65 Å². The van der Waals surface area contributed by atoms with E-state index in [1.54, 1.807) is 41.8 Å². The van der Waals surface area contributed by atoms with Crippen LogP contribution in [0.1, 0.15) is 12.6 Å². The van der Waals surface area contributed by atoms with Crippen LogP contribution in [0.2, 0.25) is 10.0 Å². The largest absolute Gasteiger partial charge is 0.479 e. The molecule has 0 saturated heterocycles. The molecule has 1 amide bonds. The number of halogens is 3. The summed E-state index contributed by atoms with van der Waals surface area (Å²) in [5.41, 5.74) is 1.41. The summed E-state index contributed by atoms with van der Waals surface area (Å²) in [6.45, 7) is 2.02. The van der Waals surface area contributed by atoms with E-state index in [0.717, 1.165) is 5.69 Å². The number of hydrogen-bond acceptors (Lipinski definition) is 3. The van der Waals surface area contributed by atoms with Crippen LogP contribution in [0.4, 0.5) is 4.39 Å². The monoisotopic (exact) mass is 395 g/mol. The molecule has 3 aromatic rings. The maximum Gasteiger partial charge on any atom is 0.260 e. The first-order chi connectivity index (χ1) is 12.4. The second kappa shape index (κ2) is 7.93. The number of carbonyl (C=O) groups is 1. The summed E-state index contributed by atoms with van der Waals surface area (Å²) in [6.07, 6.45) is 2.89. The van der Waals surface area contributed by atoms with Crippen molar-refractivity contribution in [2.24, 2.45) is 0 Å². The van der Waals surface area contributed by atoms with Crippen molar-refractivity contribution >= 4 is 34.8 Å². The molecule has 0 spiro atoms. The Morgan fingerprint density at radius 3 is 2.88 bits per heavy atom. The number of amides is 1. The van der Waals surface area contributed by atoms with Gasteiger partial charge in [0.1, 0.15) is 17.2 Å². The Morgan fingerprint density at radius 1 is 1.31 bits per heavy atom. The van der Waals surface area contributed by atoms with Gasteiger partial charge in [-0.15, -0.1) is 0 Å². The fourth-order valence-corrected chi connectivity index (χ4v) is 2.86. The van der Waals surface area contributed by atoms with Crippen LogP contribution in [-0.4, -0.2) is 27.9 Å². The molecule has 3 rings (SSSR count). The highest BCUT2D eigenvalue weighted by molar-refractivity contribution is 6.35. The van der Waals surface area contributed by atoms with Crippen LogP contribution >= 0.6 is 23.2 Å². The second-order valence-electron chi connectivity index (χ2n) is 5.72. The minimum Gasteiger partial charge on any atom is -0.479 e. The number of pyridine rings is 1. The molecule has 0 aliphatic rings. The molecule has 0 radical (unpaired) electrons. The molecule has 0 saturated carbocycles. The lowest BCUT2D eigenvalue weighted by atomic mass is 10.3. The van der Waals surface area contributed by atoms with Crippen molar-refractivity contribution in [2.45, 2.75) is 19.4 Å². The quantitative estimate of drug-likeness (QED) is 0.688. The van der Waals surface area contributed by atoms with Gasteiger partial charge in [0, 0.05) is 30.4 Å². The highest BCUT2D eigenvalue weighted by atomic mass is 35.5. The van der Waals surface area contributed by atoms with Crippen molar-refractivity contribution in [3.8, 4) is 5.75 Å². The number of aromatic nitrogens is 2. The highest BCUT2D eigenvalue weighted by Gasteiger charge is 2.16. The molecule has 2 aromatic heterocycles. The van der Waals surface area contributed by atoms with Gasteiger partial charge in [0.25, 0.3) is 5.91 Å². The maximum atomic E-state index is 13.2. The Morgan fingerprint density at radius 2 is 2.12 bits per heavy atom. The third kappa shape index (κ3) is 4.45. The van der Waals surface area contributed by atoms with Gasteiger partial charge in [-0.3, -0.25) is 4.79 Å². The molecule has 1 unspecified atom stereocenters. The number of ether oxygens (including phenoxy) is 1. The van der Waals surface area contributed by atoms with E-state index < -0.39 is 6.10 Å². The van der Waals surface area contributed by atoms with Crippen LogP contribution in [0, 0.1) is 5.82 Å². The normalized spacial score (nSPS) is 12.2. The summed E-state index contributed by atoms with van der Waals surface area (Å²) < 4.78 is 20.4. The van der Waals surface area contributed by atoms with Crippen LogP contribution in [-0.2, 0) is 11.2 Å². The van der Waals surface area contributed by atoms with Crippen molar-refractivity contribution in [2.75, 3.05) is 6.54 Å². The Labute approximate surface area is 159 Å². The van der Waals surface area contributed by atoms with E-state index in [0.29, 0.717) is 34.4 Å². The molecule has 1 N–H and O–H groups in total. The van der Waals surface area contributed by atoms with E-state index >= 15 is 0 Å². The second-order valence-corrected chi connectivity index (χ2v) is 6.56. The molecule has 1 aromatic carbocycles. The van der Waals surface area contributed by atoms with E-state index in [4.69, 9.17) is 27.9 Å². The first-order valence-electron chi connectivity index (χ1n) is 7.95. The fraction of sp³-hybridized carbons (Fsp3) is 0.222. The molecule has 5 nitrogen and oxygen atoms in total. The molecule has 136 valence electrons. The van der Waals surface area contributed by atoms with Crippen molar-refractivity contribution < 1.29 is 13.9 Å². The zero-order valence-corrected chi connectivity index (χ0v) is 15.4. The Bertz CT molecular complexity index is 945. The smallest absolute Gasteiger partial charge is 0.260 e. The first kappa shape index (κ1) is 18.5. The molecule has 2 heterocycles. The molecule has 0 bridgehead atoms. The first-order valence-corrected chi connectivity index (χ1v) is 8.70. The van der Waals surface area contributed by atoms with Gasteiger partial charge >= 0.3 is 0 Å². The van der Waals surface area contributed by atoms with Gasteiger partial charge < -0.3 is 14.5 Å². The fourth-order valence-electron chi connectivity index (χ4n) is 2.41. The SMILES string of the molecule is CC(Oc1ccc(Cl)cc1Cl)C(=O)NCCc1cn2cc(F)ccc2n1. The average Bonchev–Trinajstić information content (AvgIpc) is 2.99. The lowest BCUT2D eigenvalue weighted by Gasteiger charge is -2.15. The van der Waals surface area contributed by atoms with Crippen molar-refractivity contribution in [3.05, 3.63) is 64.3 Å². The molecular weight excluding hydrogens is 380 g/mol. The predicted octanol–water partition coefficient (Wildman–Crippen LogP) is 3.91. The molecule has 0 fully saturated rings. The van der Waals surface area contributed by atoms with E-state index in [1.807, 2.05) is 0 Å². The van der Waals surface area contributed by atoms with E-state index in [2.05, 4.69) is 10.3 Å². The van der Waals surface area contributed by atoms with Gasteiger partial charge in [-0.1, -0.05) is 23.2 Å². The van der Waals surface area contributed by atoms with E-state index in [9.17, 15) is 9.18 Å². The summed E-state index contributed by atoms with van der Waals surface area (Å²) in [7, 11) is 0. The average molecular weight is 396 g/mol. The maximum absolute atomic E-state index is 13.2. The predicted molar refractivity (Wildman–Crippen MR) is 98.4 cm³/mol. The number of imidazole rings is 1. The van der Waals surface area contributed by atoms with Crippen LogP contribution in [0.5, 0.6) is 5.75 Å². The van der Waals surface area contributed by atoms with Gasteiger partial charge in [0.2, 0.25) is 0 Å². The zero-order chi connectivity index (χ0) is 18.7. The standard InChI is InChI=1S/C18H16Cl2FN3O2/c1-11(26-16-4-2-12(19)8-15(16)20)18(25)22-7-6-14-10-24-9-13(21)3-5-17(24)23-14/h2-5,8-11H,6-7H2,1H3,(H,22,25). The summed E-state index contributed by atoms with van der Waals surface area (Å²) in [4.78, 5) is 16.5. The molecule has 8 heteroatoms. The summed E-state index contributed by atoms with van der Waals surface area (Å²) in [6, 6.07) is 7.76. The summed E-state index contributed by atoms with van der Waals surface area (Å²) >= 11 is 11.9. The lowest BCUT2D eigenvalue weighted by molar-refractivity contribution is -0.127. The molecular formula is C18H16Cl2FN3O2. The van der Waals surface area contributed by atoms with Crippen molar-refractivity contribution in [1.29, 1.82) is 0 Å². The van der Waals surface area contributed by atoms with Crippen molar-refractivity contribution in [1.82, 2.24) is 14.7 Å². The van der Waals surface area contributed by atoms with Gasteiger partial charge in [0.05, 0.1) is 10.7 Å². The van der Waals surface area contributed by atoms with E-state index in [1.165, 1.54) is 12.3 Å². The van der Waals surface area contributed by atoms with Crippen LogP contribution in [0.3, 0.4) is 0 Å². The van der Waals surface area contributed by atoms with E-state index in [-0.39, 0.29) is 11.7 Å². The van der Waals surface area contributed by atoms with Crippen LogP contribution < -0.4 is 10.1 Å². The van der Waals surface area contributed by atoms with Crippen molar-refractivity contribution in [3.63, 3.8) is 0 Å². The summed E-state index contributed by atoms with van der Waals surface area (Å²) in [5.74, 6) is -0.214. The molecule has 1 atom stereocenters. The van der Waals surface area contributed by atoms with Crippen LogP contribution in [0.15, 0.2) is 42.7 Å². The van der Waals surface area contributed by atoms with Gasteiger partial charge in [0.15, 0.2) is 6.10 Å². The number of carbonyl (C=O) groups excluding carboxylic acids is 1. The number of nitrogens with zero attached hydrogens (tertiary/aromatic N) is 2. The number of hydrogen-bond donors (Lipinski definition) is 1. The zero-order valence-electron chi connectivity index (χ0n) is 13.9. The molecule has 0 aliphatic heterocycles. The Kier molecular flexibility index (Phi) is 5.64. The number of rotatable bonds is 6. The Hall–Kier alpha value is -2.31.